The summed E-state index contributed by atoms with van der Waals surface area (Å²) in [6.07, 6.45) is 1.14. The van der Waals surface area contributed by atoms with Crippen LogP contribution in [0.4, 0.5) is 0 Å². The van der Waals surface area contributed by atoms with Crippen molar-refractivity contribution in [3.05, 3.63) is 62.7 Å². The van der Waals surface area contributed by atoms with E-state index in [-0.39, 0.29) is 48.5 Å². The largest absolute Gasteiger partial charge is 0.504 e. The van der Waals surface area contributed by atoms with Gasteiger partial charge in [-0.1, -0.05) is 6.07 Å². The van der Waals surface area contributed by atoms with Crippen molar-refractivity contribution in [1.82, 2.24) is 15.1 Å². The van der Waals surface area contributed by atoms with Crippen LogP contribution in [0.5, 0.6) is 40.2 Å². The fourth-order valence-corrected chi connectivity index (χ4v) is 11.9. The molecule has 10 rings (SSSR count). The Kier molecular flexibility index (Phi) is 8.31. The van der Waals surface area contributed by atoms with Crippen molar-refractivity contribution in [3.63, 3.8) is 0 Å². The maximum absolute atomic E-state index is 14.8. The van der Waals surface area contributed by atoms with Gasteiger partial charge >= 0.3 is 5.97 Å². The van der Waals surface area contributed by atoms with E-state index in [9.17, 15) is 20.3 Å². The molecule has 0 radical (unpaired) electrons. The number of methoxy groups -OCH3 is 2. The number of hydrogen-bond donors (Lipinski definition) is 3. The third kappa shape index (κ3) is 4.65. The van der Waals surface area contributed by atoms with E-state index >= 15 is 0 Å². The zero-order valence-electron chi connectivity index (χ0n) is 31.1. The van der Waals surface area contributed by atoms with Crippen LogP contribution >= 0.6 is 11.8 Å². The minimum Gasteiger partial charge on any atom is -0.504 e. The van der Waals surface area contributed by atoms with Crippen molar-refractivity contribution in [3.8, 4) is 46.3 Å². The van der Waals surface area contributed by atoms with Crippen LogP contribution in [0.3, 0.4) is 0 Å². The first-order chi connectivity index (χ1) is 26.1. The Morgan fingerprint density at radius 2 is 1.85 bits per heavy atom. The van der Waals surface area contributed by atoms with Gasteiger partial charge in [-0.15, -0.1) is 11.8 Å². The van der Waals surface area contributed by atoms with Crippen molar-refractivity contribution >= 4 is 17.7 Å². The number of carbonyl (C=O) groups excluding carboxylic acids is 1. The standard InChI is InChI=1S/C40H44N4O9S/c1-7-50-35-19(3)36-37(53-17-52-36)29-25-15-51-39(47)40(22-13-27(48-5)26(45)12-20(22)8-9-42-40)16-54-38(30(29)35)32-31-28-21(10-18(2)34(49-6)33(28)46)11-23(43(31)4)24(14-41)44(25)32/h10,12-13,23-25,31-32,38,42,45-46H,7-9,11,15-17H2,1-6H3/t23-,24+,25+,31-,32?,38-,40-/m1/s1. The number of hydrogen-bond acceptors (Lipinski definition) is 14. The Bertz CT molecular complexity index is 2140. The van der Waals surface area contributed by atoms with Crippen molar-refractivity contribution in [2.75, 3.05) is 53.6 Å². The summed E-state index contributed by atoms with van der Waals surface area (Å²) in [4.78, 5) is 19.2. The molecule has 7 heterocycles. The van der Waals surface area contributed by atoms with Gasteiger partial charge in [-0.3, -0.25) is 15.1 Å². The highest BCUT2D eigenvalue weighted by atomic mass is 32.2. The van der Waals surface area contributed by atoms with Gasteiger partial charge in [0, 0.05) is 46.6 Å². The van der Waals surface area contributed by atoms with E-state index in [1.165, 1.54) is 7.11 Å². The first-order valence-electron chi connectivity index (χ1n) is 18.4. The normalized spacial score (nSPS) is 29.3. The number of carbonyl (C=O) groups is 1. The zero-order valence-corrected chi connectivity index (χ0v) is 32.0. The summed E-state index contributed by atoms with van der Waals surface area (Å²) >= 11 is 1.59. The summed E-state index contributed by atoms with van der Waals surface area (Å²) in [5.41, 5.74) is 5.35. The average molecular weight is 757 g/mol. The van der Waals surface area contributed by atoms with Gasteiger partial charge in [0.1, 0.15) is 18.4 Å². The number of piperazine rings is 1. The highest BCUT2D eigenvalue weighted by Gasteiger charge is 2.61. The lowest BCUT2D eigenvalue weighted by molar-refractivity contribution is -0.157. The quantitative estimate of drug-likeness (QED) is 0.321. The lowest BCUT2D eigenvalue weighted by Gasteiger charge is -2.62. The molecule has 1 spiro atoms. The van der Waals surface area contributed by atoms with Gasteiger partial charge in [0.25, 0.3) is 0 Å². The second kappa shape index (κ2) is 12.8. The Balaban J connectivity index is 1.33. The van der Waals surface area contributed by atoms with Crippen LogP contribution in [-0.4, -0.2) is 97.7 Å². The van der Waals surface area contributed by atoms with Crippen LogP contribution in [0.2, 0.25) is 0 Å². The Morgan fingerprint density at radius 1 is 1.06 bits per heavy atom. The molecule has 54 heavy (non-hydrogen) atoms. The van der Waals surface area contributed by atoms with Gasteiger partial charge in [-0.2, -0.15) is 5.26 Å². The fraction of sp³-hybridized carbons (Fsp3) is 0.500. The summed E-state index contributed by atoms with van der Waals surface area (Å²) in [6, 6.07) is 5.91. The van der Waals surface area contributed by atoms with Gasteiger partial charge < -0.3 is 38.6 Å². The second-order valence-corrected chi connectivity index (χ2v) is 16.1. The van der Waals surface area contributed by atoms with Crippen LogP contribution in [0.15, 0.2) is 18.2 Å². The number of rotatable bonds is 4. The molecule has 3 N–H and O–H groups in total. The number of aryl methyl sites for hydroxylation is 1. The molecule has 7 atom stereocenters. The SMILES string of the molecule is CCOc1c(C)c2c(c3c1[C@H]1SC[C@]4(NCCc5cc(O)c(OC)cc54)C(=O)OC[C@@H]3N3C1[C@H]1c4c(cc(C)c(OC)c4O)C[C@H]([C@@H]3C#N)N1C)OCO2. The molecule has 13 nitrogen and oxygen atoms in total. The lowest BCUT2D eigenvalue weighted by Crippen LogP contribution is -2.69. The number of esters is 1. The number of likely N-dealkylation sites (N-methyl/N-ethyl adjacent to an activating group) is 1. The number of ether oxygens (including phenoxy) is 6. The van der Waals surface area contributed by atoms with Gasteiger partial charge in [0.2, 0.25) is 6.79 Å². The fourth-order valence-electron chi connectivity index (χ4n) is 10.2. The molecule has 2 fully saturated rings. The predicted molar refractivity (Wildman–Crippen MR) is 198 cm³/mol. The molecule has 0 saturated carbocycles. The topological polar surface area (TPSA) is 155 Å². The average Bonchev–Trinajstić information content (AvgIpc) is 3.65. The minimum atomic E-state index is -1.29. The van der Waals surface area contributed by atoms with E-state index in [0.29, 0.717) is 54.6 Å². The van der Waals surface area contributed by atoms with Gasteiger partial charge in [-0.25, -0.2) is 4.79 Å². The molecule has 7 aliphatic rings. The molecule has 2 saturated heterocycles. The Hall–Kier alpha value is -4.55. The number of fused-ring (bicyclic) bond motifs is 9. The van der Waals surface area contributed by atoms with E-state index in [0.717, 1.165) is 38.9 Å². The number of thioether (sulfide) groups is 1. The van der Waals surface area contributed by atoms with Crippen molar-refractivity contribution in [2.24, 2.45) is 0 Å². The molecular weight excluding hydrogens is 713 g/mol. The van der Waals surface area contributed by atoms with E-state index in [4.69, 9.17) is 28.4 Å². The summed E-state index contributed by atoms with van der Waals surface area (Å²) in [5.74, 6) is 2.43. The van der Waals surface area contributed by atoms with Crippen LogP contribution < -0.4 is 29.0 Å². The molecule has 0 aliphatic carbocycles. The number of nitrogens with one attached hydrogen (secondary N) is 1. The van der Waals surface area contributed by atoms with Crippen LogP contribution in [0.1, 0.15) is 68.8 Å². The van der Waals surface area contributed by atoms with Crippen molar-refractivity contribution in [1.29, 1.82) is 5.26 Å². The summed E-state index contributed by atoms with van der Waals surface area (Å²) < 4.78 is 36.7. The third-order valence-corrected chi connectivity index (χ3v) is 14.0. The molecule has 0 amide bonds. The Labute approximate surface area is 318 Å². The summed E-state index contributed by atoms with van der Waals surface area (Å²) in [6.45, 7) is 6.67. The zero-order chi connectivity index (χ0) is 37.8. The number of phenolic OH excluding ortho intramolecular Hbond substituents is 2. The molecule has 7 aliphatic heterocycles. The van der Waals surface area contributed by atoms with Crippen molar-refractivity contribution in [2.45, 2.75) is 74.6 Å². The monoisotopic (exact) mass is 756 g/mol. The van der Waals surface area contributed by atoms with E-state index < -0.39 is 34.9 Å². The predicted octanol–water partition coefficient (Wildman–Crippen LogP) is 4.46. The molecule has 4 bridgehead atoms. The summed E-state index contributed by atoms with van der Waals surface area (Å²) in [5, 5.41) is 37.1. The molecule has 0 aromatic heterocycles. The highest BCUT2D eigenvalue weighted by Crippen LogP contribution is 2.64. The van der Waals surface area contributed by atoms with E-state index in [1.807, 2.05) is 27.8 Å². The summed E-state index contributed by atoms with van der Waals surface area (Å²) in [7, 11) is 5.10. The smallest absolute Gasteiger partial charge is 0.331 e. The minimum absolute atomic E-state index is 0.00879. The van der Waals surface area contributed by atoms with Gasteiger partial charge in [0.05, 0.1) is 44.2 Å². The molecule has 3 aromatic carbocycles. The number of nitrogens with zero attached hydrogens (tertiary/aromatic N) is 3. The van der Waals surface area contributed by atoms with Crippen molar-refractivity contribution < 1.29 is 43.4 Å². The molecule has 3 aromatic rings. The maximum Gasteiger partial charge on any atom is 0.331 e. The number of phenols is 2. The van der Waals surface area contributed by atoms with Gasteiger partial charge in [0.15, 0.2) is 40.0 Å². The lowest BCUT2D eigenvalue weighted by atomic mass is 9.71. The van der Waals surface area contributed by atoms with Crippen LogP contribution in [0.25, 0.3) is 0 Å². The maximum atomic E-state index is 14.8. The van der Waals surface area contributed by atoms with E-state index in [2.05, 4.69) is 27.3 Å². The third-order valence-electron chi connectivity index (χ3n) is 12.5. The molecule has 14 heteroatoms. The Morgan fingerprint density at radius 3 is 2.59 bits per heavy atom. The first kappa shape index (κ1) is 35.2. The second-order valence-electron chi connectivity index (χ2n) is 14.9. The highest BCUT2D eigenvalue weighted by molar-refractivity contribution is 7.99. The molecule has 284 valence electrons. The number of nitriles is 1. The van der Waals surface area contributed by atoms with E-state index in [1.54, 1.807) is 31.0 Å². The first-order valence-corrected chi connectivity index (χ1v) is 19.5. The van der Waals surface area contributed by atoms with Crippen LogP contribution in [-0.2, 0) is 27.9 Å². The molecule has 1 unspecified atom stereocenters. The molecular formula is C40H44N4O9S. The van der Waals surface area contributed by atoms with Gasteiger partial charge in [-0.05, 0) is 75.0 Å². The number of benzene rings is 3. The number of aromatic hydroxyl groups is 2. The van der Waals surface area contributed by atoms with Crippen LogP contribution in [0, 0.1) is 25.2 Å².